The van der Waals surface area contributed by atoms with Crippen molar-refractivity contribution in [3.8, 4) is 0 Å². The van der Waals surface area contributed by atoms with E-state index in [1.165, 1.54) is 12.1 Å². The Morgan fingerprint density at radius 1 is 1.62 bits per heavy atom. The summed E-state index contributed by atoms with van der Waals surface area (Å²) in [5.74, 6) is -0.668. The molecule has 0 saturated carbocycles. The Morgan fingerprint density at radius 3 is 2.81 bits per heavy atom. The van der Waals surface area contributed by atoms with Gasteiger partial charge in [0.1, 0.15) is 0 Å². The van der Waals surface area contributed by atoms with Gasteiger partial charge in [-0.25, -0.2) is 4.39 Å². The van der Waals surface area contributed by atoms with Gasteiger partial charge in [0.15, 0.2) is 5.82 Å². The van der Waals surface area contributed by atoms with Gasteiger partial charge in [-0.1, -0.05) is 0 Å². The van der Waals surface area contributed by atoms with E-state index in [9.17, 15) is 14.5 Å². The van der Waals surface area contributed by atoms with Gasteiger partial charge in [-0.05, 0) is 19.4 Å². The minimum Gasteiger partial charge on any atom is -0.396 e. The summed E-state index contributed by atoms with van der Waals surface area (Å²) in [5, 5.41) is 21.9. The maximum absolute atomic E-state index is 13.4. The molecule has 0 fully saturated rings. The molecule has 1 aromatic rings. The molecule has 0 spiro atoms. The molecule has 0 bridgehead atoms. The number of aliphatic hydroxyl groups is 1. The number of nitro groups is 1. The zero-order valence-electron chi connectivity index (χ0n) is 8.81. The first-order valence-electron chi connectivity index (χ1n) is 4.86. The van der Waals surface area contributed by atoms with Crippen molar-refractivity contribution in [2.24, 2.45) is 0 Å². The number of hydrogen-bond acceptors (Lipinski definition) is 4. The summed E-state index contributed by atoms with van der Waals surface area (Å²) in [5.41, 5.74) is -0.0792. The second-order valence-electron chi connectivity index (χ2n) is 3.48. The Bertz CT molecular complexity index is 384. The Labute approximate surface area is 92.1 Å². The van der Waals surface area contributed by atoms with E-state index in [-0.39, 0.29) is 24.0 Å². The molecule has 0 heterocycles. The molecule has 1 rings (SSSR count). The fraction of sp³-hybridized carbons (Fsp3) is 0.400. The van der Waals surface area contributed by atoms with Crippen molar-refractivity contribution in [1.82, 2.24) is 0 Å². The van der Waals surface area contributed by atoms with Crippen LogP contribution >= 0.6 is 0 Å². The van der Waals surface area contributed by atoms with E-state index >= 15 is 0 Å². The van der Waals surface area contributed by atoms with Crippen molar-refractivity contribution in [2.75, 3.05) is 11.9 Å². The van der Waals surface area contributed by atoms with E-state index in [0.29, 0.717) is 6.42 Å². The van der Waals surface area contributed by atoms with Crippen LogP contribution in [0.25, 0.3) is 0 Å². The van der Waals surface area contributed by atoms with Gasteiger partial charge in [0, 0.05) is 18.7 Å². The fourth-order valence-corrected chi connectivity index (χ4v) is 1.27. The molecule has 1 atom stereocenters. The SMILES string of the molecule is CC(CCO)Nc1ccc([N+](=O)[O-])cc1F. The zero-order valence-corrected chi connectivity index (χ0v) is 8.81. The number of benzene rings is 1. The lowest BCUT2D eigenvalue weighted by molar-refractivity contribution is -0.385. The highest BCUT2D eigenvalue weighted by Crippen LogP contribution is 2.21. The third-order valence-electron chi connectivity index (χ3n) is 2.13. The first-order chi connectivity index (χ1) is 7.54. The molecule has 5 nitrogen and oxygen atoms in total. The van der Waals surface area contributed by atoms with E-state index in [4.69, 9.17) is 5.11 Å². The van der Waals surface area contributed by atoms with Crippen LogP contribution in [0.1, 0.15) is 13.3 Å². The molecule has 6 heteroatoms. The van der Waals surface area contributed by atoms with E-state index in [1.54, 1.807) is 6.92 Å². The molecule has 0 aliphatic carbocycles. The minimum absolute atomic E-state index is 0.00275. The van der Waals surface area contributed by atoms with Crippen LogP contribution in [-0.4, -0.2) is 22.7 Å². The first-order valence-corrected chi connectivity index (χ1v) is 4.86. The number of aliphatic hydroxyl groups excluding tert-OH is 1. The Kier molecular flexibility index (Phi) is 4.19. The Morgan fingerprint density at radius 2 is 2.31 bits per heavy atom. The van der Waals surface area contributed by atoms with E-state index in [0.717, 1.165) is 6.07 Å². The van der Waals surface area contributed by atoms with Crippen LogP contribution < -0.4 is 5.32 Å². The Hall–Kier alpha value is -1.69. The average molecular weight is 228 g/mol. The standard InChI is InChI=1S/C10H13FN2O3/c1-7(4-5-14)12-10-3-2-8(13(15)16)6-9(10)11/h2-3,6-7,12,14H,4-5H2,1H3. The van der Waals surface area contributed by atoms with Crippen molar-refractivity contribution in [3.05, 3.63) is 34.1 Å². The predicted molar refractivity (Wildman–Crippen MR) is 57.8 cm³/mol. The summed E-state index contributed by atoms with van der Waals surface area (Å²) < 4.78 is 13.4. The predicted octanol–water partition coefficient (Wildman–Crippen LogP) is 1.92. The van der Waals surface area contributed by atoms with Crippen molar-refractivity contribution in [1.29, 1.82) is 0 Å². The number of hydrogen-bond donors (Lipinski definition) is 2. The van der Waals surface area contributed by atoms with Crippen LogP contribution in [0.15, 0.2) is 18.2 Å². The van der Waals surface area contributed by atoms with E-state index < -0.39 is 10.7 Å². The topological polar surface area (TPSA) is 75.4 Å². The van der Waals surface area contributed by atoms with Gasteiger partial charge in [0.25, 0.3) is 5.69 Å². The molecular weight excluding hydrogens is 215 g/mol. The molecule has 1 aromatic carbocycles. The molecule has 1 unspecified atom stereocenters. The van der Waals surface area contributed by atoms with Gasteiger partial charge in [-0.2, -0.15) is 0 Å². The highest BCUT2D eigenvalue weighted by atomic mass is 19.1. The number of nitrogens with one attached hydrogen (secondary N) is 1. The number of halogens is 1. The molecule has 88 valence electrons. The fourth-order valence-electron chi connectivity index (χ4n) is 1.27. The molecule has 2 N–H and O–H groups in total. The number of nitro benzene ring substituents is 1. The molecule has 0 aliphatic heterocycles. The lowest BCUT2D eigenvalue weighted by atomic mass is 10.2. The maximum Gasteiger partial charge on any atom is 0.272 e. The van der Waals surface area contributed by atoms with Crippen LogP contribution in [0.4, 0.5) is 15.8 Å². The number of anilines is 1. The summed E-state index contributed by atoms with van der Waals surface area (Å²) in [6.45, 7) is 1.79. The number of rotatable bonds is 5. The smallest absolute Gasteiger partial charge is 0.272 e. The normalized spacial score (nSPS) is 12.2. The lowest BCUT2D eigenvalue weighted by Crippen LogP contribution is -2.17. The summed E-state index contributed by atoms with van der Waals surface area (Å²) in [6, 6.07) is 3.33. The van der Waals surface area contributed by atoms with Gasteiger partial charge in [-0.15, -0.1) is 0 Å². The molecule has 0 aliphatic rings. The van der Waals surface area contributed by atoms with Crippen molar-refractivity contribution in [2.45, 2.75) is 19.4 Å². The molecule has 16 heavy (non-hydrogen) atoms. The largest absolute Gasteiger partial charge is 0.396 e. The highest BCUT2D eigenvalue weighted by molar-refractivity contribution is 5.50. The minimum atomic E-state index is -0.668. The molecule has 0 amide bonds. The number of non-ortho nitro benzene ring substituents is 1. The lowest BCUT2D eigenvalue weighted by Gasteiger charge is -2.14. The van der Waals surface area contributed by atoms with Crippen LogP contribution in [0, 0.1) is 15.9 Å². The van der Waals surface area contributed by atoms with Crippen molar-refractivity contribution in [3.63, 3.8) is 0 Å². The molecule has 0 aromatic heterocycles. The van der Waals surface area contributed by atoms with E-state index in [2.05, 4.69) is 5.32 Å². The van der Waals surface area contributed by atoms with Gasteiger partial charge >= 0.3 is 0 Å². The summed E-state index contributed by atoms with van der Waals surface area (Å²) in [6.07, 6.45) is 0.483. The summed E-state index contributed by atoms with van der Waals surface area (Å²) >= 11 is 0. The third kappa shape index (κ3) is 3.16. The highest BCUT2D eigenvalue weighted by Gasteiger charge is 2.11. The first kappa shape index (κ1) is 12.4. The van der Waals surface area contributed by atoms with Crippen LogP contribution in [0.3, 0.4) is 0 Å². The van der Waals surface area contributed by atoms with Crippen LogP contribution in [0.2, 0.25) is 0 Å². The van der Waals surface area contributed by atoms with Gasteiger partial charge < -0.3 is 10.4 Å². The van der Waals surface area contributed by atoms with Crippen molar-refractivity contribution >= 4 is 11.4 Å². The summed E-state index contributed by atoms with van der Waals surface area (Å²) in [4.78, 5) is 9.73. The maximum atomic E-state index is 13.4. The summed E-state index contributed by atoms with van der Waals surface area (Å²) in [7, 11) is 0. The van der Waals surface area contributed by atoms with Gasteiger partial charge in [0.2, 0.25) is 0 Å². The van der Waals surface area contributed by atoms with Gasteiger partial charge in [-0.3, -0.25) is 10.1 Å². The second-order valence-corrected chi connectivity index (χ2v) is 3.48. The third-order valence-corrected chi connectivity index (χ3v) is 2.13. The zero-order chi connectivity index (χ0) is 12.1. The van der Waals surface area contributed by atoms with Gasteiger partial charge in [0.05, 0.1) is 16.7 Å². The molecule has 0 saturated heterocycles. The van der Waals surface area contributed by atoms with Crippen molar-refractivity contribution < 1.29 is 14.4 Å². The van der Waals surface area contributed by atoms with E-state index in [1.807, 2.05) is 0 Å². The molecule has 0 radical (unpaired) electrons. The Balaban J connectivity index is 2.79. The average Bonchev–Trinajstić information content (AvgIpc) is 2.21. The van der Waals surface area contributed by atoms with Crippen LogP contribution in [0.5, 0.6) is 0 Å². The quantitative estimate of drug-likeness (QED) is 0.596. The van der Waals surface area contributed by atoms with Crippen LogP contribution in [-0.2, 0) is 0 Å². The molecular formula is C10H13FN2O3. The second kappa shape index (κ2) is 5.41. The number of nitrogens with zero attached hydrogens (tertiary/aromatic N) is 1. The monoisotopic (exact) mass is 228 g/mol.